The van der Waals surface area contributed by atoms with E-state index in [0.29, 0.717) is 25.8 Å². The van der Waals surface area contributed by atoms with Crippen LogP contribution in [0.25, 0.3) is 0 Å². The van der Waals surface area contributed by atoms with Gasteiger partial charge in [-0.3, -0.25) is 4.90 Å². The first kappa shape index (κ1) is 17.5. The molecule has 0 atom stereocenters. The molecule has 0 aromatic heterocycles. The molecule has 136 valence electrons. The van der Waals surface area contributed by atoms with Gasteiger partial charge in [-0.2, -0.15) is 4.99 Å². The van der Waals surface area contributed by atoms with Crippen molar-refractivity contribution < 1.29 is 9.47 Å². The summed E-state index contributed by atoms with van der Waals surface area (Å²) in [6, 6.07) is 7.86. The van der Waals surface area contributed by atoms with Gasteiger partial charge in [0.25, 0.3) is 0 Å². The van der Waals surface area contributed by atoms with Crippen molar-refractivity contribution in [3.63, 3.8) is 0 Å². The third-order valence-corrected chi connectivity index (χ3v) is 4.65. The van der Waals surface area contributed by atoms with Crippen molar-refractivity contribution in [2.24, 2.45) is 21.5 Å². The van der Waals surface area contributed by atoms with E-state index < -0.39 is 5.66 Å². The molecule has 7 nitrogen and oxygen atoms in total. The molecule has 0 bridgehead atoms. The number of guanidine groups is 2. The number of aliphatic imine (C=N–C) groups is 2. The Morgan fingerprint density at radius 1 is 1.08 bits per heavy atom. The molecule has 25 heavy (non-hydrogen) atoms. The van der Waals surface area contributed by atoms with Crippen LogP contribution in [0.4, 0.5) is 5.69 Å². The highest BCUT2D eigenvalue weighted by Crippen LogP contribution is 2.39. The largest absolute Gasteiger partial charge is 0.491 e. The molecule has 1 heterocycles. The van der Waals surface area contributed by atoms with E-state index in [2.05, 4.69) is 9.98 Å². The van der Waals surface area contributed by atoms with Crippen LogP contribution in [0.15, 0.2) is 34.3 Å². The van der Waals surface area contributed by atoms with Gasteiger partial charge >= 0.3 is 0 Å². The third kappa shape index (κ3) is 3.87. The van der Waals surface area contributed by atoms with Gasteiger partial charge in [0.15, 0.2) is 0 Å². The van der Waals surface area contributed by atoms with E-state index in [4.69, 9.17) is 20.9 Å². The molecule has 1 saturated carbocycles. The lowest BCUT2D eigenvalue weighted by Gasteiger charge is -2.45. The van der Waals surface area contributed by atoms with Crippen LogP contribution in [0, 0.1) is 0 Å². The lowest BCUT2D eigenvalue weighted by molar-refractivity contribution is 0.110. The highest BCUT2D eigenvalue weighted by Gasteiger charge is 2.42. The Labute approximate surface area is 148 Å². The number of nitrogens with zero attached hydrogens (tertiary/aromatic N) is 3. The van der Waals surface area contributed by atoms with Gasteiger partial charge in [0.1, 0.15) is 18.0 Å². The van der Waals surface area contributed by atoms with Crippen LogP contribution in [0.3, 0.4) is 0 Å². The van der Waals surface area contributed by atoms with Crippen molar-refractivity contribution >= 4 is 17.6 Å². The minimum Gasteiger partial charge on any atom is -0.491 e. The Morgan fingerprint density at radius 3 is 2.48 bits per heavy atom. The predicted molar refractivity (Wildman–Crippen MR) is 100.0 cm³/mol. The molecule has 1 aromatic carbocycles. The molecule has 1 aliphatic heterocycles. The molecule has 0 amide bonds. The average molecular weight is 345 g/mol. The van der Waals surface area contributed by atoms with Crippen molar-refractivity contribution in [2.75, 3.05) is 24.7 Å². The Kier molecular flexibility index (Phi) is 5.43. The summed E-state index contributed by atoms with van der Waals surface area (Å²) in [5.41, 5.74) is 12.7. The van der Waals surface area contributed by atoms with Gasteiger partial charge in [-0.1, -0.05) is 6.42 Å². The molecule has 3 rings (SSSR count). The summed E-state index contributed by atoms with van der Waals surface area (Å²) < 4.78 is 11.0. The number of rotatable bonds is 6. The zero-order valence-corrected chi connectivity index (χ0v) is 14.8. The SMILES string of the molecule is CCOCCOc1ccc(N2C(N)=NC(N)=NC23CCCCC3)cc1. The van der Waals surface area contributed by atoms with Crippen LogP contribution in [0.1, 0.15) is 39.0 Å². The molecule has 1 aromatic rings. The quantitative estimate of drug-likeness (QED) is 0.770. The van der Waals surface area contributed by atoms with E-state index >= 15 is 0 Å². The van der Waals surface area contributed by atoms with Crippen LogP contribution < -0.4 is 21.1 Å². The standard InChI is InChI=1S/C18H27N5O2/c1-2-24-12-13-25-15-8-6-14(7-9-15)23-17(20)21-16(19)22-18(23)10-4-3-5-11-18/h6-9H,2-5,10-13H2,1H3,(H4,19,20,21,22). The molecule has 4 N–H and O–H groups in total. The normalized spacial score (nSPS) is 19.5. The van der Waals surface area contributed by atoms with Gasteiger partial charge < -0.3 is 20.9 Å². The van der Waals surface area contributed by atoms with Gasteiger partial charge in [-0.25, -0.2) is 4.99 Å². The number of benzene rings is 1. The van der Waals surface area contributed by atoms with E-state index in [0.717, 1.165) is 37.1 Å². The molecule has 0 radical (unpaired) electrons. The van der Waals surface area contributed by atoms with Crippen LogP contribution in [0.2, 0.25) is 0 Å². The number of ether oxygens (including phenoxy) is 2. The third-order valence-electron chi connectivity index (χ3n) is 4.65. The van der Waals surface area contributed by atoms with Gasteiger partial charge in [0, 0.05) is 12.3 Å². The summed E-state index contributed by atoms with van der Waals surface area (Å²) >= 11 is 0. The van der Waals surface area contributed by atoms with Crippen molar-refractivity contribution in [1.29, 1.82) is 0 Å². The molecule has 1 spiro atoms. The predicted octanol–water partition coefficient (Wildman–Crippen LogP) is 2.21. The van der Waals surface area contributed by atoms with Gasteiger partial charge in [-0.05, 0) is 56.9 Å². The maximum Gasteiger partial charge on any atom is 0.220 e. The second-order valence-electron chi connectivity index (χ2n) is 6.36. The van der Waals surface area contributed by atoms with Crippen molar-refractivity contribution in [3.8, 4) is 5.75 Å². The summed E-state index contributed by atoms with van der Waals surface area (Å²) in [5, 5.41) is 0. The van der Waals surface area contributed by atoms with E-state index in [1.165, 1.54) is 6.42 Å². The number of anilines is 1. The summed E-state index contributed by atoms with van der Waals surface area (Å²) in [6.45, 7) is 3.78. The smallest absolute Gasteiger partial charge is 0.220 e. The lowest BCUT2D eigenvalue weighted by atomic mass is 9.87. The minimum atomic E-state index is -0.411. The van der Waals surface area contributed by atoms with E-state index in [9.17, 15) is 0 Å². The van der Waals surface area contributed by atoms with Gasteiger partial charge in [0.2, 0.25) is 11.9 Å². The highest BCUT2D eigenvalue weighted by molar-refractivity contribution is 6.05. The Bertz CT molecular complexity index is 635. The summed E-state index contributed by atoms with van der Waals surface area (Å²) in [7, 11) is 0. The van der Waals surface area contributed by atoms with Crippen LogP contribution >= 0.6 is 0 Å². The fraction of sp³-hybridized carbons (Fsp3) is 0.556. The van der Waals surface area contributed by atoms with Crippen molar-refractivity contribution in [2.45, 2.75) is 44.7 Å². The zero-order chi connectivity index (χ0) is 17.7. The number of nitrogens with two attached hydrogens (primary N) is 2. The van der Waals surface area contributed by atoms with Crippen LogP contribution in [0.5, 0.6) is 5.75 Å². The van der Waals surface area contributed by atoms with Crippen LogP contribution in [-0.4, -0.2) is 37.4 Å². The Morgan fingerprint density at radius 2 is 1.80 bits per heavy atom. The number of hydrogen-bond donors (Lipinski definition) is 2. The molecule has 7 heteroatoms. The molecule has 0 unspecified atom stereocenters. The second kappa shape index (κ2) is 7.74. The minimum absolute atomic E-state index is 0.270. The van der Waals surface area contributed by atoms with Crippen LogP contribution in [-0.2, 0) is 4.74 Å². The monoisotopic (exact) mass is 345 g/mol. The van der Waals surface area contributed by atoms with E-state index in [-0.39, 0.29) is 5.96 Å². The maximum atomic E-state index is 6.23. The average Bonchev–Trinajstić information content (AvgIpc) is 2.60. The molecule has 0 saturated heterocycles. The van der Waals surface area contributed by atoms with E-state index in [1.807, 2.05) is 36.1 Å². The van der Waals surface area contributed by atoms with Gasteiger partial charge in [0.05, 0.1) is 6.61 Å². The van der Waals surface area contributed by atoms with Gasteiger partial charge in [-0.15, -0.1) is 0 Å². The number of hydrogen-bond acceptors (Lipinski definition) is 7. The first-order valence-electron chi connectivity index (χ1n) is 8.95. The lowest BCUT2D eigenvalue weighted by Crippen LogP contribution is -2.58. The fourth-order valence-electron chi connectivity index (χ4n) is 3.55. The summed E-state index contributed by atoms with van der Waals surface area (Å²) in [5.74, 6) is 1.47. The topological polar surface area (TPSA) is 98.5 Å². The maximum absolute atomic E-state index is 6.23. The first-order chi connectivity index (χ1) is 12.1. The highest BCUT2D eigenvalue weighted by atomic mass is 16.5. The van der Waals surface area contributed by atoms with E-state index in [1.54, 1.807) is 0 Å². The van der Waals surface area contributed by atoms with Crippen molar-refractivity contribution in [1.82, 2.24) is 0 Å². The first-order valence-corrected chi connectivity index (χ1v) is 8.95. The molecule has 1 fully saturated rings. The van der Waals surface area contributed by atoms with Crippen molar-refractivity contribution in [3.05, 3.63) is 24.3 Å². The molecular weight excluding hydrogens is 318 g/mol. The summed E-state index contributed by atoms with van der Waals surface area (Å²) in [6.07, 6.45) is 5.29. The molecular formula is C18H27N5O2. The molecule has 1 aliphatic carbocycles. The fourth-order valence-corrected chi connectivity index (χ4v) is 3.55. The molecule has 2 aliphatic rings. The summed E-state index contributed by atoms with van der Waals surface area (Å²) in [4.78, 5) is 10.9. The zero-order valence-electron chi connectivity index (χ0n) is 14.8. The Hall–Kier alpha value is -2.28. The second-order valence-corrected chi connectivity index (χ2v) is 6.36. The Balaban J connectivity index is 1.77.